The summed E-state index contributed by atoms with van der Waals surface area (Å²) >= 11 is 0. The molecule has 55 heavy (non-hydrogen) atoms. The van der Waals surface area contributed by atoms with Gasteiger partial charge in [-0.1, -0.05) is 71.4 Å². The second kappa shape index (κ2) is 14.3. The number of ketones is 1. The molecule has 7 aliphatic carbocycles. The number of rotatable bonds is 10. The molecule has 0 radical (unpaired) electrons. The third-order valence-corrected chi connectivity index (χ3v) is 16.1. The molecule has 2 N–H and O–H groups in total. The predicted octanol–water partition coefficient (Wildman–Crippen LogP) is 9.42. The number of methoxy groups -OCH3 is 1. The van der Waals surface area contributed by atoms with Crippen molar-refractivity contribution in [2.45, 2.75) is 129 Å². The predicted molar refractivity (Wildman–Crippen MR) is 204 cm³/mol. The lowest BCUT2D eigenvalue weighted by Crippen LogP contribution is -2.67. The molecule has 0 saturated heterocycles. The lowest BCUT2D eigenvalue weighted by atomic mass is 9.32. The van der Waals surface area contributed by atoms with Gasteiger partial charge in [-0.05, 0) is 111 Å². The molecule has 7 nitrogen and oxygen atoms in total. The lowest BCUT2D eigenvalue weighted by molar-refractivity contribution is -0.175. The van der Waals surface area contributed by atoms with Gasteiger partial charge >= 0.3 is 12.3 Å². The summed E-state index contributed by atoms with van der Waals surface area (Å²) < 4.78 is 53.6. The summed E-state index contributed by atoms with van der Waals surface area (Å²) in [7, 11) is 1.63. The average molecular weight is 770 g/mol. The van der Waals surface area contributed by atoms with Crippen molar-refractivity contribution < 1.29 is 42.4 Å². The van der Waals surface area contributed by atoms with Crippen LogP contribution in [-0.2, 0) is 15.7 Å². The van der Waals surface area contributed by atoms with E-state index in [0.29, 0.717) is 75.5 Å². The Bertz CT molecular complexity index is 1710. The number of allylic oxidation sites excluding steroid dienone is 4. The number of Topliss-reactive ketones (excluding diaryl/α,β-unsaturated/α-hetero) is 1. The number of carbonyl (C=O) groups is 2. The zero-order valence-electron chi connectivity index (χ0n) is 33.6. The van der Waals surface area contributed by atoms with Crippen LogP contribution in [-0.4, -0.2) is 71.6 Å². The second-order valence-electron chi connectivity index (χ2n) is 19.2. The summed E-state index contributed by atoms with van der Waals surface area (Å²) in [4.78, 5) is 30.8. The third kappa shape index (κ3) is 6.43. The zero-order valence-corrected chi connectivity index (χ0v) is 33.6. The first kappa shape index (κ1) is 40.5. The van der Waals surface area contributed by atoms with Gasteiger partial charge in [0.25, 0.3) is 0 Å². The zero-order chi connectivity index (χ0) is 39.8. The van der Waals surface area contributed by atoms with Crippen molar-refractivity contribution >= 4 is 11.9 Å². The van der Waals surface area contributed by atoms with Gasteiger partial charge in [0.1, 0.15) is 6.10 Å². The Labute approximate surface area is 325 Å². The minimum absolute atomic E-state index is 0.00561. The average Bonchev–Trinajstić information content (AvgIpc) is 3.40. The number of ether oxygens (including phenoxy) is 2. The van der Waals surface area contributed by atoms with Crippen LogP contribution in [0.15, 0.2) is 48.1 Å². The van der Waals surface area contributed by atoms with Gasteiger partial charge in [-0.3, -0.25) is 4.79 Å². The number of carbonyl (C=O) groups excluding carboxylic acids is 2. The fraction of sp³-hybridized carbons (Fsp3) is 0.733. The molecule has 2 bridgehead atoms. The molecule has 0 heterocycles. The Hall–Kier alpha value is -2.69. The largest absolute Gasteiger partial charge is 0.446 e. The normalized spacial score (nSPS) is 40.6. The number of benzene rings is 1. The maximum absolute atomic E-state index is 14.9. The Morgan fingerprint density at radius 2 is 1.71 bits per heavy atom. The summed E-state index contributed by atoms with van der Waals surface area (Å²) in [5.74, 6) is 0.433. The molecule has 11 unspecified atom stereocenters. The van der Waals surface area contributed by atoms with Gasteiger partial charge in [0.15, 0.2) is 5.78 Å². The van der Waals surface area contributed by atoms with Crippen molar-refractivity contribution in [1.82, 2.24) is 4.90 Å². The number of hydrogen-bond donors (Lipinski definition) is 2. The van der Waals surface area contributed by atoms with E-state index in [0.717, 1.165) is 37.8 Å². The smallest absolute Gasteiger partial charge is 0.416 e. The first-order chi connectivity index (χ1) is 25.8. The van der Waals surface area contributed by atoms with Crippen molar-refractivity contribution in [2.75, 3.05) is 26.8 Å². The first-order valence-electron chi connectivity index (χ1n) is 20.8. The van der Waals surface area contributed by atoms with Crippen molar-refractivity contribution in [3.8, 4) is 0 Å². The third-order valence-electron chi connectivity index (χ3n) is 16.1. The Morgan fingerprint density at radius 3 is 2.42 bits per heavy atom. The lowest BCUT2D eigenvalue weighted by Gasteiger charge is -2.71. The standard InChI is InChI=1S/C45H62F3NO6/c1-28(2)33-12-11-29(3)23-35(33)55-39(52)49(21-8-22-54-6)27-43(53)18-15-37-41(43,5)17-14-36-40(4)16-13-32(50)25-42(40)19-20-44(36,37)34(26-42)38(51)30-9-7-10-31(24-30)45(46,47)48/h7,9-10,19-20,24,26,28-29,32-33,35-37,50,53H,8,11-18,21-23,25,27H2,1-6H3. The van der Waals surface area contributed by atoms with E-state index in [2.05, 4.69) is 46.8 Å². The minimum Gasteiger partial charge on any atom is -0.446 e. The fourth-order valence-corrected chi connectivity index (χ4v) is 13.0. The van der Waals surface area contributed by atoms with Gasteiger partial charge in [-0.15, -0.1) is 0 Å². The van der Waals surface area contributed by atoms with Crippen LogP contribution in [0.3, 0.4) is 0 Å². The molecule has 0 aliphatic heterocycles. The molecule has 304 valence electrons. The van der Waals surface area contributed by atoms with E-state index >= 15 is 0 Å². The maximum atomic E-state index is 14.9. The first-order valence-corrected chi connectivity index (χ1v) is 20.8. The van der Waals surface area contributed by atoms with E-state index in [9.17, 15) is 33.0 Å². The minimum atomic E-state index is -4.60. The van der Waals surface area contributed by atoms with Crippen LogP contribution in [0.4, 0.5) is 18.0 Å². The molecule has 4 saturated carbocycles. The Balaban J connectivity index is 1.26. The molecule has 0 aromatic heterocycles. The van der Waals surface area contributed by atoms with Crippen LogP contribution in [0.1, 0.15) is 121 Å². The van der Waals surface area contributed by atoms with Crippen LogP contribution in [0.5, 0.6) is 0 Å². The molecular formula is C45H62F3NO6. The Morgan fingerprint density at radius 1 is 1.00 bits per heavy atom. The van der Waals surface area contributed by atoms with E-state index in [1.54, 1.807) is 12.0 Å². The van der Waals surface area contributed by atoms with Crippen LogP contribution in [0.25, 0.3) is 0 Å². The molecule has 11 atom stereocenters. The van der Waals surface area contributed by atoms with E-state index in [-0.39, 0.29) is 41.4 Å². The monoisotopic (exact) mass is 769 g/mol. The fourth-order valence-electron chi connectivity index (χ4n) is 13.0. The van der Waals surface area contributed by atoms with Crippen LogP contribution >= 0.6 is 0 Å². The number of aliphatic hydroxyl groups excluding tert-OH is 1. The van der Waals surface area contributed by atoms with Gasteiger partial charge in [0, 0.05) is 47.6 Å². The summed E-state index contributed by atoms with van der Waals surface area (Å²) in [6, 6.07) is 4.71. The van der Waals surface area contributed by atoms with Crippen LogP contribution in [0.2, 0.25) is 0 Å². The molecule has 8 rings (SSSR count). The van der Waals surface area contributed by atoms with Gasteiger partial charge in [0.2, 0.25) is 0 Å². The quantitative estimate of drug-likeness (QED) is 0.140. The highest BCUT2D eigenvalue weighted by molar-refractivity contribution is 6.10. The number of nitrogens with zero attached hydrogens (tertiary/aromatic N) is 1. The summed E-state index contributed by atoms with van der Waals surface area (Å²) in [6.07, 6.45) is 8.33. The van der Waals surface area contributed by atoms with Crippen molar-refractivity contribution in [3.05, 3.63) is 59.2 Å². The molecule has 2 spiro atoms. The highest BCUT2D eigenvalue weighted by atomic mass is 19.4. The van der Waals surface area contributed by atoms with Gasteiger partial charge in [-0.2, -0.15) is 13.2 Å². The molecule has 4 fully saturated rings. The van der Waals surface area contributed by atoms with E-state index < -0.39 is 51.6 Å². The summed E-state index contributed by atoms with van der Waals surface area (Å²) in [5.41, 5.74) is -4.17. The number of fused-ring (bicyclic) bond motifs is 1. The molecule has 1 aromatic carbocycles. The number of amides is 1. The number of aliphatic hydroxyl groups is 2. The molecule has 10 heteroatoms. The van der Waals surface area contributed by atoms with Crippen LogP contribution in [0, 0.1) is 51.2 Å². The number of hydrogen-bond acceptors (Lipinski definition) is 6. The SMILES string of the molecule is COCCCN(CC1(O)CCC2C34C=CC5(C=C3C(=O)c3cccc(C(F)(F)F)c3)CC(O)CCC5(C)C4CCC21C)C(=O)OC1CC(C)CCC1C(C)C. The molecule has 7 aliphatic rings. The summed E-state index contributed by atoms with van der Waals surface area (Å²) in [6.45, 7) is 11.8. The Kier molecular flexibility index (Phi) is 10.5. The second-order valence-corrected chi connectivity index (χ2v) is 19.2. The topological polar surface area (TPSA) is 96.3 Å². The number of halogens is 3. The van der Waals surface area contributed by atoms with Crippen molar-refractivity contribution in [1.29, 1.82) is 0 Å². The molecular weight excluding hydrogens is 707 g/mol. The van der Waals surface area contributed by atoms with E-state index in [1.807, 2.05) is 6.08 Å². The van der Waals surface area contributed by atoms with Gasteiger partial charge in [-0.25, -0.2) is 4.79 Å². The highest BCUT2D eigenvalue weighted by Crippen LogP contribution is 2.78. The van der Waals surface area contributed by atoms with Crippen LogP contribution < -0.4 is 0 Å². The van der Waals surface area contributed by atoms with Gasteiger partial charge < -0.3 is 24.6 Å². The van der Waals surface area contributed by atoms with Crippen molar-refractivity contribution in [3.63, 3.8) is 0 Å². The van der Waals surface area contributed by atoms with E-state index in [1.165, 1.54) is 12.1 Å². The van der Waals surface area contributed by atoms with Crippen molar-refractivity contribution in [2.24, 2.45) is 51.2 Å². The highest BCUT2D eigenvalue weighted by Gasteiger charge is 2.74. The van der Waals surface area contributed by atoms with E-state index in [4.69, 9.17) is 9.47 Å². The molecule has 1 amide bonds. The number of alkyl halides is 3. The molecule has 1 aromatic rings. The summed E-state index contributed by atoms with van der Waals surface area (Å²) in [5, 5.41) is 24.1. The maximum Gasteiger partial charge on any atom is 0.416 e. The van der Waals surface area contributed by atoms with Gasteiger partial charge in [0.05, 0.1) is 23.8 Å².